The van der Waals surface area contributed by atoms with E-state index in [1.54, 1.807) is 0 Å². The smallest absolute Gasteiger partial charge is 0.193 e. The molecule has 2 heterocycles. The molecule has 2 fully saturated rings. The Balaban J connectivity index is 0.00000272. The van der Waals surface area contributed by atoms with E-state index in [9.17, 15) is 5.11 Å². The molecular formula is C25H35IN4O. The molecule has 5 nitrogen and oxygen atoms in total. The summed E-state index contributed by atoms with van der Waals surface area (Å²) in [5.41, 5.74) is 4.03. The van der Waals surface area contributed by atoms with E-state index in [1.807, 2.05) is 7.05 Å². The second kappa shape index (κ2) is 11.8. The molecule has 0 aromatic heterocycles. The summed E-state index contributed by atoms with van der Waals surface area (Å²) in [4.78, 5) is 9.32. The summed E-state index contributed by atoms with van der Waals surface area (Å²) in [6.45, 7) is 5.79. The van der Waals surface area contributed by atoms with Crippen molar-refractivity contribution in [2.75, 3.05) is 33.2 Å². The molecule has 2 aromatic carbocycles. The van der Waals surface area contributed by atoms with Gasteiger partial charge in [-0.1, -0.05) is 54.6 Å². The summed E-state index contributed by atoms with van der Waals surface area (Å²) in [6.07, 6.45) is 2.85. The number of aliphatic imine (C=N–C) groups is 1. The molecule has 2 N–H and O–H groups in total. The van der Waals surface area contributed by atoms with Gasteiger partial charge < -0.3 is 15.3 Å². The van der Waals surface area contributed by atoms with E-state index >= 15 is 0 Å². The van der Waals surface area contributed by atoms with Crippen LogP contribution in [0.3, 0.4) is 0 Å². The summed E-state index contributed by atoms with van der Waals surface area (Å²) >= 11 is 0. The standard InChI is InChI=1S/C25H34N4O.HI/c1-26-25(29-16-11-23(19-29)22-5-3-2-4-6-22)27-17-20-7-9-21(10-8-20)18-28-14-12-24(30)13-15-28;/h2-10,23-24,30H,11-19H2,1H3,(H,26,27);1H. The average molecular weight is 534 g/mol. The van der Waals surface area contributed by atoms with E-state index in [-0.39, 0.29) is 30.1 Å². The number of halogens is 1. The number of benzene rings is 2. The molecule has 2 aliphatic rings. The van der Waals surface area contributed by atoms with Crippen LogP contribution in [0.15, 0.2) is 59.6 Å². The third kappa shape index (κ3) is 6.67. The third-order valence-electron chi connectivity index (χ3n) is 6.41. The Bertz CT molecular complexity index is 819. The second-order valence-corrected chi connectivity index (χ2v) is 8.57. The molecule has 0 amide bonds. The van der Waals surface area contributed by atoms with Crippen LogP contribution in [0.1, 0.15) is 41.9 Å². The van der Waals surface area contributed by atoms with Crippen LogP contribution < -0.4 is 5.32 Å². The predicted molar refractivity (Wildman–Crippen MR) is 138 cm³/mol. The molecule has 168 valence electrons. The number of aliphatic hydroxyl groups excluding tert-OH is 1. The zero-order valence-electron chi connectivity index (χ0n) is 18.4. The van der Waals surface area contributed by atoms with Gasteiger partial charge in [0.15, 0.2) is 5.96 Å². The second-order valence-electron chi connectivity index (χ2n) is 8.57. The highest BCUT2D eigenvalue weighted by atomic mass is 127. The topological polar surface area (TPSA) is 51.1 Å². The zero-order chi connectivity index (χ0) is 20.8. The Morgan fingerprint density at radius 2 is 1.65 bits per heavy atom. The molecule has 0 saturated carbocycles. The number of rotatable bonds is 5. The number of nitrogens with zero attached hydrogens (tertiary/aromatic N) is 3. The van der Waals surface area contributed by atoms with Crippen LogP contribution in [0.5, 0.6) is 0 Å². The SMILES string of the molecule is CN=C(NCc1ccc(CN2CCC(O)CC2)cc1)N1CCC(c2ccccc2)C1.I. The van der Waals surface area contributed by atoms with E-state index in [0.717, 1.165) is 58.1 Å². The van der Waals surface area contributed by atoms with Gasteiger partial charge in [-0.2, -0.15) is 0 Å². The van der Waals surface area contributed by atoms with E-state index in [4.69, 9.17) is 0 Å². The van der Waals surface area contributed by atoms with Gasteiger partial charge in [-0.05, 0) is 36.0 Å². The molecule has 31 heavy (non-hydrogen) atoms. The Morgan fingerprint density at radius 3 is 2.32 bits per heavy atom. The van der Waals surface area contributed by atoms with Gasteiger partial charge in [0.2, 0.25) is 0 Å². The molecule has 2 saturated heterocycles. The Labute approximate surface area is 203 Å². The number of hydrogen-bond acceptors (Lipinski definition) is 3. The average Bonchev–Trinajstić information content (AvgIpc) is 3.28. The van der Waals surface area contributed by atoms with Crippen LogP contribution in [-0.2, 0) is 13.1 Å². The maximum Gasteiger partial charge on any atom is 0.193 e. The van der Waals surface area contributed by atoms with Gasteiger partial charge in [0.05, 0.1) is 6.10 Å². The van der Waals surface area contributed by atoms with Crippen molar-refractivity contribution in [3.63, 3.8) is 0 Å². The summed E-state index contributed by atoms with van der Waals surface area (Å²) in [5.74, 6) is 1.57. The number of piperidine rings is 1. The molecular weight excluding hydrogens is 499 g/mol. The lowest BCUT2D eigenvalue weighted by Crippen LogP contribution is -2.39. The van der Waals surface area contributed by atoms with E-state index in [0.29, 0.717) is 5.92 Å². The molecule has 0 bridgehead atoms. The van der Waals surface area contributed by atoms with E-state index in [1.165, 1.54) is 23.1 Å². The molecule has 6 heteroatoms. The molecule has 1 unspecified atom stereocenters. The highest BCUT2D eigenvalue weighted by molar-refractivity contribution is 14.0. The van der Waals surface area contributed by atoms with Crippen LogP contribution in [-0.4, -0.2) is 60.2 Å². The molecule has 4 rings (SSSR count). The molecule has 0 aliphatic carbocycles. The third-order valence-corrected chi connectivity index (χ3v) is 6.41. The van der Waals surface area contributed by atoms with E-state index in [2.05, 4.69) is 74.7 Å². The van der Waals surface area contributed by atoms with Gasteiger partial charge in [-0.3, -0.25) is 9.89 Å². The van der Waals surface area contributed by atoms with Crippen LogP contribution in [0, 0.1) is 0 Å². The minimum Gasteiger partial charge on any atom is -0.393 e. The number of aliphatic hydroxyl groups is 1. The van der Waals surface area contributed by atoms with Crippen molar-refractivity contribution < 1.29 is 5.11 Å². The lowest BCUT2D eigenvalue weighted by molar-refractivity contribution is 0.0792. The zero-order valence-corrected chi connectivity index (χ0v) is 20.7. The summed E-state index contributed by atoms with van der Waals surface area (Å²) in [5, 5.41) is 13.2. The van der Waals surface area contributed by atoms with Crippen LogP contribution in [0.2, 0.25) is 0 Å². The number of nitrogens with one attached hydrogen (secondary N) is 1. The van der Waals surface area contributed by atoms with Gasteiger partial charge in [-0.15, -0.1) is 24.0 Å². The Kier molecular flexibility index (Phi) is 9.16. The van der Waals surface area contributed by atoms with E-state index < -0.39 is 0 Å². The summed E-state index contributed by atoms with van der Waals surface area (Å²) in [6, 6.07) is 19.7. The van der Waals surface area contributed by atoms with Crippen molar-refractivity contribution in [1.82, 2.24) is 15.1 Å². The van der Waals surface area contributed by atoms with Crippen LogP contribution in [0.4, 0.5) is 0 Å². The first-order valence-corrected chi connectivity index (χ1v) is 11.2. The quantitative estimate of drug-likeness (QED) is 0.348. The summed E-state index contributed by atoms with van der Waals surface area (Å²) in [7, 11) is 1.87. The molecule has 0 spiro atoms. The lowest BCUT2D eigenvalue weighted by Gasteiger charge is -2.29. The highest BCUT2D eigenvalue weighted by Gasteiger charge is 2.25. The fourth-order valence-electron chi connectivity index (χ4n) is 4.56. The summed E-state index contributed by atoms with van der Waals surface area (Å²) < 4.78 is 0. The van der Waals surface area contributed by atoms with Gasteiger partial charge in [-0.25, -0.2) is 0 Å². The molecule has 2 aliphatic heterocycles. The predicted octanol–water partition coefficient (Wildman–Crippen LogP) is 3.83. The van der Waals surface area contributed by atoms with Gasteiger partial charge in [0, 0.05) is 52.2 Å². The van der Waals surface area contributed by atoms with Crippen molar-refractivity contribution in [1.29, 1.82) is 0 Å². The Morgan fingerprint density at radius 1 is 0.968 bits per heavy atom. The normalized spacial score (nSPS) is 20.5. The van der Waals surface area contributed by atoms with Crippen molar-refractivity contribution in [2.24, 2.45) is 4.99 Å². The fraction of sp³-hybridized carbons (Fsp3) is 0.480. The number of guanidine groups is 1. The molecule has 2 aromatic rings. The highest BCUT2D eigenvalue weighted by Crippen LogP contribution is 2.26. The largest absolute Gasteiger partial charge is 0.393 e. The van der Waals surface area contributed by atoms with Crippen LogP contribution >= 0.6 is 24.0 Å². The van der Waals surface area contributed by atoms with Gasteiger partial charge >= 0.3 is 0 Å². The number of likely N-dealkylation sites (tertiary alicyclic amines) is 2. The van der Waals surface area contributed by atoms with Crippen molar-refractivity contribution in [2.45, 2.75) is 44.4 Å². The fourth-order valence-corrected chi connectivity index (χ4v) is 4.56. The first-order chi connectivity index (χ1) is 14.7. The van der Waals surface area contributed by atoms with Gasteiger partial charge in [0.25, 0.3) is 0 Å². The van der Waals surface area contributed by atoms with Crippen molar-refractivity contribution >= 4 is 29.9 Å². The van der Waals surface area contributed by atoms with Crippen molar-refractivity contribution in [3.05, 3.63) is 71.3 Å². The van der Waals surface area contributed by atoms with Crippen molar-refractivity contribution in [3.8, 4) is 0 Å². The maximum atomic E-state index is 9.66. The first-order valence-electron chi connectivity index (χ1n) is 11.2. The Hall–Kier alpha value is -1.64. The monoisotopic (exact) mass is 534 g/mol. The van der Waals surface area contributed by atoms with Crippen LogP contribution in [0.25, 0.3) is 0 Å². The lowest BCUT2D eigenvalue weighted by atomic mass is 9.99. The minimum absolute atomic E-state index is 0. The minimum atomic E-state index is -0.109. The molecule has 1 atom stereocenters. The maximum absolute atomic E-state index is 9.66. The number of hydrogen-bond donors (Lipinski definition) is 2. The first kappa shape index (κ1) is 24.0. The molecule has 0 radical (unpaired) electrons. The van der Waals surface area contributed by atoms with Gasteiger partial charge in [0.1, 0.15) is 0 Å².